The Morgan fingerprint density at radius 2 is 1.56 bits per heavy atom. The van der Waals surface area contributed by atoms with Gasteiger partial charge in [0.1, 0.15) is 0 Å². The van der Waals surface area contributed by atoms with Gasteiger partial charge >= 0.3 is 0 Å². The standard InChI is InChI=1S/C19H29N3O3S.ClH/c1-15-3-5-18(6-4-15)26(24,25)22-13-7-16(8-14-22)19(23)21-11-9-17(20-2)10-12-21;/h3-6,16-17,20H,7-14H2,1-2H3;1H. The molecule has 2 heterocycles. The van der Waals surface area contributed by atoms with Crippen LogP contribution in [0.3, 0.4) is 0 Å². The Morgan fingerprint density at radius 1 is 1.00 bits per heavy atom. The van der Waals surface area contributed by atoms with Crippen molar-refractivity contribution in [2.24, 2.45) is 5.92 Å². The molecule has 0 aliphatic carbocycles. The fraction of sp³-hybridized carbons (Fsp3) is 0.632. The van der Waals surface area contributed by atoms with Crippen molar-refractivity contribution >= 4 is 28.3 Å². The molecule has 1 aromatic carbocycles. The maximum atomic E-state index is 12.8. The summed E-state index contributed by atoms with van der Waals surface area (Å²) < 4.78 is 27.1. The fourth-order valence-corrected chi connectivity index (χ4v) is 5.32. The number of rotatable bonds is 4. The van der Waals surface area contributed by atoms with Crippen molar-refractivity contribution in [3.63, 3.8) is 0 Å². The van der Waals surface area contributed by atoms with Crippen molar-refractivity contribution < 1.29 is 13.2 Å². The van der Waals surface area contributed by atoms with Crippen LogP contribution < -0.4 is 5.32 Å². The minimum absolute atomic E-state index is 0. The van der Waals surface area contributed by atoms with E-state index in [-0.39, 0.29) is 24.2 Å². The maximum absolute atomic E-state index is 12.8. The first-order valence-electron chi connectivity index (χ1n) is 9.44. The Kier molecular flexibility index (Phi) is 7.68. The summed E-state index contributed by atoms with van der Waals surface area (Å²) in [5.74, 6) is 0.151. The fourth-order valence-electron chi connectivity index (χ4n) is 3.85. The van der Waals surface area contributed by atoms with Crippen LogP contribution in [0.1, 0.15) is 31.2 Å². The van der Waals surface area contributed by atoms with Crippen LogP contribution >= 0.6 is 12.4 Å². The second kappa shape index (κ2) is 9.37. The van der Waals surface area contributed by atoms with E-state index in [1.54, 1.807) is 12.1 Å². The second-order valence-corrected chi connectivity index (χ2v) is 9.32. The smallest absolute Gasteiger partial charge is 0.243 e. The van der Waals surface area contributed by atoms with Gasteiger partial charge in [-0.25, -0.2) is 8.42 Å². The molecule has 2 aliphatic rings. The molecule has 2 fully saturated rings. The molecule has 1 aromatic rings. The van der Waals surface area contributed by atoms with Crippen LogP contribution in [0.4, 0.5) is 0 Å². The normalized spacial score (nSPS) is 20.3. The molecular formula is C19H30ClN3O3S. The first kappa shape index (κ1) is 22.1. The number of sulfonamides is 1. The van der Waals surface area contributed by atoms with Gasteiger partial charge < -0.3 is 10.2 Å². The molecule has 2 saturated heterocycles. The first-order valence-corrected chi connectivity index (χ1v) is 10.9. The molecular weight excluding hydrogens is 386 g/mol. The summed E-state index contributed by atoms with van der Waals surface area (Å²) in [6.07, 6.45) is 3.19. The van der Waals surface area contributed by atoms with Crippen molar-refractivity contribution in [3.05, 3.63) is 29.8 Å². The number of benzene rings is 1. The van der Waals surface area contributed by atoms with E-state index < -0.39 is 10.0 Å². The summed E-state index contributed by atoms with van der Waals surface area (Å²) in [6.45, 7) is 4.37. The van der Waals surface area contributed by atoms with Gasteiger partial charge in [0.25, 0.3) is 0 Å². The summed E-state index contributed by atoms with van der Waals surface area (Å²) in [7, 11) is -1.50. The maximum Gasteiger partial charge on any atom is 0.243 e. The van der Waals surface area contributed by atoms with Crippen LogP contribution in [-0.4, -0.2) is 62.8 Å². The number of amides is 1. The van der Waals surface area contributed by atoms with Crippen molar-refractivity contribution in [3.8, 4) is 0 Å². The number of halogens is 1. The van der Waals surface area contributed by atoms with Gasteiger partial charge in [-0.15, -0.1) is 12.4 Å². The van der Waals surface area contributed by atoms with Gasteiger partial charge in [0.05, 0.1) is 4.90 Å². The minimum atomic E-state index is -3.46. The van der Waals surface area contributed by atoms with Gasteiger partial charge in [-0.3, -0.25) is 4.79 Å². The molecule has 0 spiro atoms. The van der Waals surface area contributed by atoms with Crippen molar-refractivity contribution in [1.82, 2.24) is 14.5 Å². The van der Waals surface area contributed by atoms with E-state index in [1.165, 1.54) is 4.31 Å². The van der Waals surface area contributed by atoms with Gasteiger partial charge in [-0.1, -0.05) is 17.7 Å². The summed E-state index contributed by atoms with van der Waals surface area (Å²) in [6, 6.07) is 7.46. The molecule has 0 radical (unpaired) electrons. The number of hydrogen-bond donors (Lipinski definition) is 1. The molecule has 8 heteroatoms. The van der Waals surface area contributed by atoms with Crippen LogP contribution in [0.2, 0.25) is 0 Å². The summed E-state index contributed by atoms with van der Waals surface area (Å²) in [4.78, 5) is 15.0. The summed E-state index contributed by atoms with van der Waals surface area (Å²) >= 11 is 0. The molecule has 0 bridgehead atoms. The van der Waals surface area contributed by atoms with Crippen LogP contribution in [0.25, 0.3) is 0 Å². The highest BCUT2D eigenvalue weighted by molar-refractivity contribution is 7.89. The number of carbonyl (C=O) groups excluding carboxylic acids is 1. The predicted molar refractivity (Wildman–Crippen MR) is 109 cm³/mol. The van der Waals surface area contributed by atoms with Gasteiger partial charge in [-0.2, -0.15) is 4.31 Å². The zero-order chi connectivity index (χ0) is 18.7. The summed E-state index contributed by atoms with van der Waals surface area (Å²) in [5.41, 5.74) is 1.04. The van der Waals surface area contributed by atoms with E-state index >= 15 is 0 Å². The largest absolute Gasteiger partial charge is 0.342 e. The molecule has 1 N–H and O–H groups in total. The molecule has 0 aromatic heterocycles. The zero-order valence-electron chi connectivity index (χ0n) is 16.1. The summed E-state index contributed by atoms with van der Waals surface area (Å²) in [5, 5.41) is 3.27. The number of nitrogens with zero attached hydrogens (tertiary/aromatic N) is 2. The highest BCUT2D eigenvalue weighted by Gasteiger charge is 2.34. The van der Waals surface area contributed by atoms with Crippen LogP contribution in [0, 0.1) is 12.8 Å². The van der Waals surface area contributed by atoms with E-state index in [4.69, 9.17) is 0 Å². The lowest BCUT2D eigenvalue weighted by atomic mass is 9.95. The molecule has 27 heavy (non-hydrogen) atoms. The quantitative estimate of drug-likeness (QED) is 0.816. The molecule has 3 rings (SSSR count). The number of hydrogen-bond acceptors (Lipinski definition) is 4. The predicted octanol–water partition coefficient (Wildman–Crippen LogP) is 2.03. The SMILES string of the molecule is CNC1CCN(C(=O)C2CCN(S(=O)(=O)c3ccc(C)cc3)CC2)CC1.Cl. The molecule has 0 atom stereocenters. The third kappa shape index (κ3) is 5.02. The average Bonchev–Trinajstić information content (AvgIpc) is 2.68. The van der Waals surface area contributed by atoms with Crippen molar-refractivity contribution in [2.75, 3.05) is 33.2 Å². The number of carbonyl (C=O) groups is 1. The van der Waals surface area contributed by atoms with Gasteiger partial charge in [0.2, 0.25) is 15.9 Å². The van der Waals surface area contributed by atoms with Crippen LogP contribution in [0.5, 0.6) is 0 Å². The Morgan fingerprint density at radius 3 is 2.07 bits per heavy atom. The first-order chi connectivity index (χ1) is 12.4. The Hall–Kier alpha value is -1.15. The third-order valence-electron chi connectivity index (χ3n) is 5.68. The van der Waals surface area contributed by atoms with Crippen molar-refractivity contribution in [2.45, 2.75) is 43.5 Å². The van der Waals surface area contributed by atoms with E-state index in [9.17, 15) is 13.2 Å². The van der Waals surface area contributed by atoms with Crippen LogP contribution in [0.15, 0.2) is 29.2 Å². The highest BCUT2D eigenvalue weighted by atomic mass is 35.5. The monoisotopic (exact) mass is 415 g/mol. The van der Waals surface area contributed by atoms with Crippen molar-refractivity contribution in [1.29, 1.82) is 0 Å². The third-order valence-corrected chi connectivity index (χ3v) is 7.59. The minimum Gasteiger partial charge on any atom is -0.342 e. The number of aryl methyl sites for hydroxylation is 1. The average molecular weight is 416 g/mol. The Labute approximate surface area is 168 Å². The number of nitrogens with one attached hydrogen (secondary N) is 1. The number of likely N-dealkylation sites (tertiary alicyclic amines) is 1. The van der Waals surface area contributed by atoms with E-state index in [0.717, 1.165) is 31.5 Å². The van der Waals surface area contributed by atoms with Gasteiger partial charge in [0.15, 0.2) is 0 Å². The molecule has 0 unspecified atom stereocenters. The topological polar surface area (TPSA) is 69.7 Å². The Bertz CT molecular complexity index is 723. The van der Waals surface area contributed by atoms with E-state index in [1.807, 2.05) is 31.0 Å². The zero-order valence-corrected chi connectivity index (χ0v) is 17.7. The van der Waals surface area contributed by atoms with E-state index in [2.05, 4.69) is 5.32 Å². The molecule has 1 amide bonds. The lowest BCUT2D eigenvalue weighted by Gasteiger charge is -2.37. The van der Waals surface area contributed by atoms with Gasteiger partial charge in [0, 0.05) is 38.1 Å². The molecule has 2 aliphatic heterocycles. The lowest BCUT2D eigenvalue weighted by Crippen LogP contribution is -2.48. The van der Waals surface area contributed by atoms with E-state index in [0.29, 0.717) is 36.9 Å². The molecule has 152 valence electrons. The van der Waals surface area contributed by atoms with Gasteiger partial charge in [-0.05, 0) is 51.8 Å². The number of piperidine rings is 2. The molecule has 6 nitrogen and oxygen atoms in total. The highest BCUT2D eigenvalue weighted by Crippen LogP contribution is 2.26. The lowest BCUT2D eigenvalue weighted by molar-refractivity contribution is -0.137. The Balaban J connectivity index is 0.00000261. The van der Waals surface area contributed by atoms with Crippen LogP contribution in [-0.2, 0) is 14.8 Å². The second-order valence-electron chi connectivity index (χ2n) is 7.38. The molecule has 0 saturated carbocycles.